The minimum absolute atomic E-state index is 0.249. The summed E-state index contributed by atoms with van der Waals surface area (Å²) < 4.78 is 2.69. The fourth-order valence-corrected chi connectivity index (χ4v) is 3.10. The van der Waals surface area contributed by atoms with Crippen molar-refractivity contribution in [2.45, 2.75) is 13.0 Å². The summed E-state index contributed by atoms with van der Waals surface area (Å²) in [4.78, 5) is 30.4. The zero-order chi connectivity index (χ0) is 17.1. The summed E-state index contributed by atoms with van der Waals surface area (Å²) in [5.41, 5.74) is 0.243. The van der Waals surface area contributed by atoms with E-state index in [1.54, 1.807) is 23.9 Å². The zero-order valence-corrected chi connectivity index (χ0v) is 14.1. The molecule has 3 heterocycles. The SMILES string of the molecule is Cn1c(CN2CC[C@@H](CNc3ccccn3)C2)cc(=O)n(C)c1=O. The lowest BCUT2D eigenvalue weighted by molar-refractivity contribution is 0.308. The number of likely N-dealkylation sites (tertiary alicyclic amines) is 1. The molecule has 1 aliphatic heterocycles. The van der Waals surface area contributed by atoms with Crippen molar-refractivity contribution in [1.82, 2.24) is 19.0 Å². The average Bonchev–Trinajstić information content (AvgIpc) is 3.04. The first-order valence-electron chi connectivity index (χ1n) is 8.18. The lowest BCUT2D eigenvalue weighted by atomic mass is 10.1. The molecule has 0 bridgehead atoms. The van der Waals surface area contributed by atoms with E-state index in [9.17, 15) is 9.59 Å². The van der Waals surface area contributed by atoms with Crippen LogP contribution in [-0.4, -0.2) is 38.7 Å². The Bertz CT molecular complexity index is 812. The molecule has 2 aromatic heterocycles. The Morgan fingerprint density at radius 3 is 2.83 bits per heavy atom. The van der Waals surface area contributed by atoms with Gasteiger partial charge in [-0.1, -0.05) is 6.07 Å². The summed E-state index contributed by atoms with van der Waals surface area (Å²) in [6.07, 6.45) is 2.87. The number of anilines is 1. The highest BCUT2D eigenvalue weighted by Gasteiger charge is 2.23. The minimum atomic E-state index is -0.273. The molecule has 0 aliphatic carbocycles. The second kappa shape index (κ2) is 7.00. The number of hydrogen-bond acceptors (Lipinski definition) is 5. The van der Waals surface area contributed by atoms with Gasteiger partial charge in [0.25, 0.3) is 5.56 Å². The highest BCUT2D eigenvalue weighted by atomic mass is 16.2. The molecule has 0 saturated carbocycles. The molecule has 1 atom stereocenters. The number of nitrogens with zero attached hydrogens (tertiary/aromatic N) is 4. The van der Waals surface area contributed by atoms with Gasteiger partial charge in [0.15, 0.2) is 0 Å². The molecule has 1 saturated heterocycles. The van der Waals surface area contributed by atoms with Crippen LogP contribution in [0.15, 0.2) is 40.1 Å². The smallest absolute Gasteiger partial charge is 0.330 e. The summed E-state index contributed by atoms with van der Waals surface area (Å²) in [5.74, 6) is 1.43. The molecule has 7 nitrogen and oxygen atoms in total. The molecule has 24 heavy (non-hydrogen) atoms. The maximum Gasteiger partial charge on any atom is 0.330 e. The topological polar surface area (TPSA) is 72.2 Å². The van der Waals surface area contributed by atoms with Crippen LogP contribution >= 0.6 is 0 Å². The molecule has 2 aromatic rings. The third-order valence-electron chi connectivity index (χ3n) is 4.62. The predicted octanol–water partition coefficient (Wildman–Crippen LogP) is 0.413. The maximum atomic E-state index is 12.0. The highest BCUT2D eigenvalue weighted by Crippen LogP contribution is 2.18. The van der Waals surface area contributed by atoms with Gasteiger partial charge in [-0.25, -0.2) is 9.78 Å². The van der Waals surface area contributed by atoms with E-state index in [2.05, 4.69) is 15.2 Å². The number of aromatic nitrogens is 3. The molecule has 1 aliphatic rings. The van der Waals surface area contributed by atoms with Gasteiger partial charge in [0.2, 0.25) is 0 Å². The van der Waals surface area contributed by atoms with Gasteiger partial charge in [-0.3, -0.25) is 18.8 Å². The second-order valence-corrected chi connectivity index (χ2v) is 6.36. The highest BCUT2D eigenvalue weighted by molar-refractivity contribution is 5.33. The Morgan fingerprint density at radius 2 is 2.08 bits per heavy atom. The Hall–Kier alpha value is -2.41. The van der Waals surface area contributed by atoms with Crippen molar-refractivity contribution in [3.8, 4) is 0 Å². The number of rotatable bonds is 5. The summed E-state index contributed by atoms with van der Waals surface area (Å²) in [7, 11) is 3.22. The van der Waals surface area contributed by atoms with Crippen LogP contribution in [-0.2, 0) is 20.6 Å². The number of hydrogen-bond donors (Lipinski definition) is 1. The minimum Gasteiger partial charge on any atom is -0.370 e. The summed E-state index contributed by atoms with van der Waals surface area (Å²) >= 11 is 0. The fraction of sp³-hybridized carbons (Fsp3) is 0.471. The van der Waals surface area contributed by atoms with Crippen molar-refractivity contribution in [1.29, 1.82) is 0 Å². The van der Waals surface area contributed by atoms with E-state index < -0.39 is 0 Å². The molecular weight excluding hydrogens is 306 g/mol. The van der Waals surface area contributed by atoms with Crippen LogP contribution in [0.5, 0.6) is 0 Å². The van der Waals surface area contributed by atoms with E-state index in [-0.39, 0.29) is 11.2 Å². The zero-order valence-electron chi connectivity index (χ0n) is 14.1. The van der Waals surface area contributed by atoms with Crippen LogP contribution in [0.4, 0.5) is 5.82 Å². The Balaban J connectivity index is 1.59. The number of nitrogens with one attached hydrogen (secondary N) is 1. The van der Waals surface area contributed by atoms with Crippen molar-refractivity contribution < 1.29 is 0 Å². The first-order valence-corrected chi connectivity index (χ1v) is 8.18. The third-order valence-corrected chi connectivity index (χ3v) is 4.62. The van der Waals surface area contributed by atoms with E-state index in [1.807, 2.05) is 18.2 Å². The first-order chi connectivity index (χ1) is 11.5. The predicted molar refractivity (Wildman–Crippen MR) is 93.0 cm³/mol. The third kappa shape index (κ3) is 3.56. The molecule has 1 N–H and O–H groups in total. The maximum absolute atomic E-state index is 12.0. The van der Waals surface area contributed by atoms with E-state index in [0.717, 1.165) is 42.1 Å². The molecule has 1 fully saturated rings. The molecule has 0 unspecified atom stereocenters. The molecular formula is C17H23N5O2. The van der Waals surface area contributed by atoms with Crippen molar-refractivity contribution in [3.63, 3.8) is 0 Å². The van der Waals surface area contributed by atoms with E-state index in [1.165, 1.54) is 7.05 Å². The lowest BCUT2D eigenvalue weighted by Crippen LogP contribution is -2.39. The van der Waals surface area contributed by atoms with Gasteiger partial charge in [0, 0.05) is 51.7 Å². The summed E-state index contributed by atoms with van der Waals surface area (Å²) in [6.45, 7) is 3.42. The van der Waals surface area contributed by atoms with Gasteiger partial charge in [-0.2, -0.15) is 0 Å². The van der Waals surface area contributed by atoms with Crippen LogP contribution in [0.25, 0.3) is 0 Å². The Kier molecular flexibility index (Phi) is 4.80. The average molecular weight is 329 g/mol. The van der Waals surface area contributed by atoms with Crippen LogP contribution in [0.1, 0.15) is 12.1 Å². The van der Waals surface area contributed by atoms with Gasteiger partial charge in [0.1, 0.15) is 5.82 Å². The lowest BCUT2D eigenvalue weighted by Gasteiger charge is -2.18. The van der Waals surface area contributed by atoms with Gasteiger partial charge in [-0.05, 0) is 31.0 Å². The van der Waals surface area contributed by atoms with Crippen molar-refractivity contribution in [3.05, 3.63) is 57.0 Å². The molecule has 0 amide bonds. The Labute approximate surface area is 140 Å². The van der Waals surface area contributed by atoms with Gasteiger partial charge in [-0.15, -0.1) is 0 Å². The normalized spacial score (nSPS) is 18.0. The van der Waals surface area contributed by atoms with Crippen molar-refractivity contribution in [2.75, 3.05) is 25.0 Å². The number of pyridine rings is 1. The van der Waals surface area contributed by atoms with Crippen LogP contribution in [0, 0.1) is 5.92 Å². The molecule has 0 spiro atoms. The van der Waals surface area contributed by atoms with Crippen molar-refractivity contribution >= 4 is 5.82 Å². The van der Waals surface area contributed by atoms with Crippen molar-refractivity contribution in [2.24, 2.45) is 20.0 Å². The van der Waals surface area contributed by atoms with Crippen LogP contribution < -0.4 is 16.6 Å². The standard InChI is InChI=1S/C17H23N5O2/c1-20-14(9-16(23)21(2)17(20)24)12-22-8-6-13(11-22)10-19-15-5-3-4-7-18-15/h3-5,7,9,13H,6,8,10-12H2,1-2H3,(H,18,19)/t13-/m0/s1. The first kappa shape index (κ1) is 16.4. The van der Waals surface area contributed by atoms with E-state index >= 15 is 0 Å². The summed E-state index contributed by atoms with van der Waals surface area (Å²) in [5, 5.41) is 3.36. The van der Waals surface area contributed by atoms with Gasteiger partial charge >= 0.3 is 5.69 Å². The molecule has 128 valence electrons. The summed E-state index contributed by atoms with van der Waals surface area (Å²) in [6, 6.07) is 7.38. The fourth-order valence-electron chi connectivity index (χ4n) is 3.10. The van der Waals surface area contributed by atoms with Crippen LogP contribution in [0.2, 0.25) is 0 Å². The molecule has 0 radical (unpaired) electrons. The monoisotopic (exact) mass is 329 g/mol. The van der Waals surface area contributed by atoms with E-state index in [0.29, 0.717) is 12.5 Å². The molecule has 3 rings (SSSR count). The van der Waals surface area contributed by atoms with Crippen LogP contribution in [0.3, 0.4) is 0 Å². The Morgan fingerprint density at radius 1 is 1.25 bits per heavy atom. The largest absolute Gasteiger partial charge is 0.370 e. The second-order valence-electron chi connectivity index (χ2n) is 6.36. The molecule has 0 aromatic carbocycles. The molecule has 7 heteroatoms. The quantitative estimate of drug-likeness (QED) is 0.860. The van der Waals surface area contributed by atoms with E-state index in [4.69, 9.17) is 0 Å². The van der Waals surface area contributed by atoms with Gasteiger partial charge in [0.05, 0.1) is 0 Å². The van der Waals surface area contributed by atoms with Gasteiger partial charge < -0.3 is 5.32 Å².